The number of hydrogen-bond donors (Lipinski definition) is 3. The summed E-state index contributed by atoms with van der Waals surface area (Å²) in [4.78, 5) is 35.6. The highest BCUT2D eigenvalue weighted by Crippen LogP contribution is 2.44. The molecule has 178 valence electrons. The van der Waals surface area contributed by atoms with Gasteiger partial charge < -0.3 is 20.5 Å². The van der Waals surface area contributed by atoms with Crippen LogP contribution in [0.5, 0.6) is 0 Å². The molecular formula is C28H26N2O5. The van der Waals surface area contributed by atoms with Gasteiger partial charge in [-0.1, -0.05) is 48.5 Å². The second-order valence-electron chi connectivity index (χ2n) is 9.14. The lowest BCUT2D eigenvalue weighted by Gasteiger charge is -2.35. The molecule has 0 saturated heterocycles. The molecule has 3 N–H and O–H groups in total. The van der Waals surface area contributed by atoms with Crippen LogP contribution in [0.4, 0.5) is 10.5 Å². The minimum Gasteiger partial charge on any atom is -0.478 e. The smallest absolute Gasteiger partial charge is 0.407 e. The van der Waals surface area contributed by atoms with E-state index in [1.165, 1.54) is 34.4 Å². The average molecular weight is 471 g/mol. The highest BCUT2D eigenvalue weighted by molar-refractivity contribution is 5.92. The van der Waals surface area contributed by atoms with Crippen LogP contribution in [0, 0.1) is 5.92 Å². The molecule has 0 aromatic heterocycles. The van der Waals surface area contributed by atoms with E-state index in [1.54, 1.807) is 12.1 Å². The molecule has 35 heavy (non-hydrogen) atoms. The highest BCUT2D eigenvalue weighted by Gasteiger charge is 2.33. The van der Waals surface area contributed by atoms with Crippen molar-refractivity contribution in [3.05, 3.63) is 89.5 Å². The van der Waals surface area contributed by atoms with Gasteiger partial charge in [0.05, 0.1) is 5.56 Å². The molecule has 1 saturated carbocycles. The van der Waals surface area contributed by atoms with Crippen molar-refractivity contribution in [3.63, 3.8) is 0 Å². The van der Waals surface area contributed by atoms with Crippen molar-refractivity contribution in [2.75, 3.05) is 11.9 Å². The number of hydrogen-bond acceptors (Lipinski definition) is 4. The quantitative estimate of drug-likeness (QED) is 0.449. The summed E-state index contributed by atoms with van der Waals surface area (Å²) < 4.78 is 5.60. The molecule has 0 spiro atoms. The van der Waals surface area contributed by atoms with Gasteiger partial charge in [-0.15, -0.1) is 0 Å². The van der Waals surface area contributed by atoms with Crippen molar-refractivity contribution < 1.29 is 24.2 Å². The monoisotopic (exact) mass is 470 g/mol. The SMILES string of the molecule is O=C(CC1CC(NC(=O)OCC2c3ccccc3-c3ccccc32)C1)Nc1ccc(C(=O)O)cc1. The van der Waals surface area contributed by atoms with E-state index < -0.39 is 12.1 Å². The fourth-order valence-electron chi connectivity index (χ4n) is 5.00. The zero-order valence-electron chi connectivity index (χ0n) is 19.1. The zero-order chi connectivity index (χ0) is 24.4. The number of anilines is 1. The molecule has 0 atom stereocenters. The first kappa shape index (κ1) is 22.7. The van der Waals surface area contributed by atoms with E-state index in [0.29, 0.717) is 12.1 Å². The average Bonchev–Trinajstić information content (AvgIpc) is 3.15. The third kappa shape index (κ3) is 4.89. The molecule has 2 amide bonds. The first-order chi connectivity index (χ1) is 17.0. The standard InChI is InChI=1S/C28H26N2O5/c31-26(29-19-11-9-18(10-12-19)27(32)33)15-17-13-20(14-17)30-28(34)35-16-25-23-7-3-1-5-21(23)22-6-2-4-8-24(22)25/h1-12,17,20,25H,13-16H2,(H,29,31)(H,30,34)(H,32,33). The molecule has 0 bridgehead atoms. The van der Waals surface area contributed by atoms with Crippen LogP contribution in [0.3, 0.4) is 0 Å². The summed E-state index contributed by atoms with van der Waals surface area (Å²) >= 11 is 0. The topological polar surface area (TPSA) is 105 Å². The van der Waals surface area contributed by atoms with E-state index in [2.05, 4.69) is 34.9 Å². The maximum absolute atomic E-state index is 12.4. The van der Waals surface area contributed by atoms with E-state index in [4.69, 9.17) is 9.84 Å². The van der Waals surface area contributed by atoms with Crippen molar-refractivity contribution >= 4 is 23.7 Å². The van der Waals surface area contributed by atoms with Gasteiger partial charge in [-0.2, -0.15) is 0 Å². The van der Waals surface area contributed by atoms with E-state index in [-0.39, 0.29) is 36.0 Å². The Labute approximate surface area is 203 Å². The minimum absolute atomic E-state index is 0.00157. The van der Waals surface area contributed by atoms with Gasteiger partial charge in [-0.05, 0) is 65.3 Å². The fraction of sp³-hybridized carbons (Fsp3) is 0.250. The summed E-state index contributed by atoms with van der Waals surface area (Å²) in [5.41, 5.74) is 5.46. The van der Waals surface area contributed by atoms with E-state index in [1.807, 2.05) is 24.3 Å². The minimum atomic E-state index is -1.01. The number of nitrogens with one attached hydrogen (secondary N) is 2. The Bertz CT molecular complexity index is 1220. The Morgan fingerprint density at radius 2 is 1.46 bits per heavy atom. The normalized spacial score (nSPS) is 18.1. The predicted octanol–water partition coefficient (Wildman–Crippen LogP) is 5.03. The number of carbonyl (C=O) groups is 3. The number of amides is 2. The van der Waals surface area contributed by atoms with Gasteiger partial charge in [0.25, 0.3) is 0 Å². The lowest BCUT2D eigenvalue weighted by Crippen LogP contribution is -2.45. The maximum atomic E-state index is 12.4. The number of carbonyl (C=O) groups excluding carboxylic acids is 2. The Morgan fingerprint density at radius 1 is 0.857 bits per heavy atom. The molecule has 2 aliphatic rings. The molecule has 1 fully saturated rings. The van der Waals surface area contributed by atoms with Gasteiger partial charge in [0.15, 0.2) is 0 Å². The third-order valence-electron chi connectivity index (χ3n) is 6.79. The van der Waals surface area contributed by atoms with Crippen LogP contribution in [0.2, 0.25) is 0 Å². The number of aromatic carboxylic acids is 1. The molecule has 0 heterocycles. The van der Waals surface area contributed by atoms with Crippen LogP contribution in [-0.4, -0.2) is 35.7 Å². The van der Waals surface area contributed by atoms with E-state index >= 15 is 0 Å². The number of ether oxygens (including phenoxy) is 1. The van der Waals surface area contributed by atoms with Crippen molar-refractivity contribution in [2.24, 2.45) is 5.92 Å². The summed E-state index contributed by atoms with van der Waals surface area (Å²) in [7, 11) is 0. The largest absolute Gasteiger partial charge is 0.478 e. The number of carboxylic acids is 1. The maximum Gasteiger partial charge on any atom is 0.407 e. The van der Waals surface area contributed by atoms with Crippen LogP contribution >= 0.6 is 0 Å². The molecule has 0 unspecified atom stereocenters. The molecule has 0 aliphatic heterocycles. The van der Waals surface area contributed by atoms with E-state index in [9.17, 15) is 14.4 Å². The molecule has 2 aliphatic carbocycles. The Kier molecular flexibility index (Phi) is 6.23. The second-order valence-corrected chi connectivity index (χ2v) is 9.14. The molecule has 3 aromatic rings. The van der Waals surface area contributed by atoms with Gasteiger partial charge in [-0.25, -0.2) is 9.59 Å². The first-order valence-corrected chi connectivity index (χ1v) is 11.7. The van der Waals surface area contributed by atoms with Gasteiger partial charge in [-0.3, -0.25) is 4.79 Å². The number of carboxylic acid groups (broad SMARTS) is 1. The molecular weight excluding hydrogens is 444 g/mol. The highest BCUT2D eigenvalue weighted by atomic mass is 16.5. The van der Waals surface area contributed by atoms with E-state index in [0.717, 1.165) is 12.8 Å². The Morgan fingerprint density at radius 3 is 2.06 bits per heavy atom. The van der Waals surface area contributed by atoms with Crippen LogP contribution in [0.1, 0.15) is 46.7 Å². The summed E-state index contributed by atoms with van der Waals surface area (Å²) in [6, 6.07) is 22.5. The van der Waals surface area contributed by atoms with Crippen molar-refractivity contribution in [1.29, 1.82) is 0 Å². The lowest BCUT2D eigenvalue weighted by atomic mass is 9.78. The lowest BCUT2D eigenvalue weighted by molar-refractivity contribution is -0.117. The summed E-state index contributed by atoms with van der Waals surface area (Å²) in [5.74, 6) is -0.923. The van der Waals surface area contributed by atoms with Gasteiger partial charge in [0, 0.05) is 24.1 Å². The van der Waals surface area contributed by atoms with Crippen LogP contribution in [0.25, 0.3) is 11.1 Å². The van der Waals surface area contributed by atoms with Gasteiger partial charge in [0.1, 0.15) is 6.61 Å². The van der Waals surface area contributed by atoms with Crippen LogP contribution < -0.4 is 10.6 Å². The molecule has 0 radical (unpaired) electrons. The molecule has 5 rings (SSSR count). The van der Waals surface area contributed by atoms with Gasteiger partial charge >= 0.3 is 12.1 Å². The summed E-state index contributed by atoms with van der Waals surface area (Å²) in [6.45, 7) is 0.277. The molecule has 7 heteroatoms. The predicted molar refractivity (Wildman–Crippen MR) is 131 cm³/mol. The Balaban J connectivity index is 1.06. The van der Waals surface area contributed by atoms with Crippen LogP contribution in [-0.2, 0) is 9.53 Å². The fourth-order valence-corrected chi connectivity index (χ4v) is 5.00. The second kappa shape index (κ2) is 9.62. The number of benzene rings is 3. The first-order valence-electron chi connectivity index (χ1n) is 11.7. The number of alkyl carbamates (subject to hydrolysis) is 1. The zero-order valence-corrected chi connectivity index (χ0v) is 19.1. The number of rotatable bonds is 7. The molecule has 7 nitrogen and oxygen atoms in total. The van der Waals surface area contributed by atoms with Crippen molar-refractivity contribution in [1.82, 2.24) is 5.32 Å². The number of fused-ring (bicyclic) bond motifs is 3. The Hall–Kier alpha value is -4.13. The van der Waals surface area contributed by atoms with Crippen molar-refractivity contribution in [3.8, 4) is 11.1 Å². The summed E-state index contributed by atoms with van der Waals surface area (Å²) in [6.07, 6.45) is 1.35. The third-order valence-corrected chi connectivity index (χ3v) is 6.79. The van der Waals surface area contributed by atoms with Gasteiger partial charge in [0.2, 0.25) is 5.91 Å². The summed E-state index contributed by atoms with van der Waals surface area (Å²) in [5, 5.41) is 14.6. The van der Waals surface area contributed by atoms with Crippen molar-refractivity contribution in [2.45, 2.75) is 31.2 Å². The molecule has 3 aromatic carbocycles. The van der Waals surface area contributed by atoms with Crippen LogP contribution in [0.15, 0.2) is 72.8 Å².